The monoisotopic (exact) mass is 369 g/mol. The molecule has 1 atom stereocenters. The van der Waals surface area contributed by atoms with E-state index in [9.17, 15) is 9.59 Å². The maximum atomic E-state index is 13.4. The number of amides is 2. The zero-order valence-electron chi connectivity index (χ0n) is 16.5. The van der Waals surface area contributed by atoms with E-state index in [1.165, 1.54) is 5.56 Å². The summed E-state index contributed by atoms with van der Waals surface area (Å²) in [6.45, 7) is 6.03. The molecule has 27 heavy (non-hydrogen) atoms. The first-order valence-corrected chi connectivity index (χ1v) is 9.61. The standard InChI is InChI=1S/C21H27N3O3/c1-14-7-5-8-16-15(2)18(23(4)17(14)16)19(25)24-11-6-9-21(10-12-24)13-22(3)20(26)27-21/h5,7-8H,6,9-13H2,1-4H3/t21-/m0/s1. The van der Waals surface area contributed by atoms with Crippen molar-refractivity contribution in [1.29, 1.82) is 0 Å². The number of likely N-dealkylation sites (N-methyl/N-ethyl adjacent to an activating group) is 1. The van der Waals surface area contributed by atoms with Gasteiger partial charge in [-0.05, 0) is 37.8 Å². The van der Waals surface area contributed by atoms with E-state index < -0.39 is 5.60 Å². The number of aromatic nitrogens is 1. The lowest BCUT2D eigenvalue weighted by Crippen LogP contribution is -2.37. The molecule has 2 aliphatic rings. The zero-order valence-corrected chi connectivity index (χ0v) is 16.5. The fraction of sp³-hybridized carbons (Fsp3) is 0.524. The fourth-order valence-corrected chi connectivity index (χ4v) is 4.77. The van der Waals surface area contributed by atoms with Crippen molar-refractivity contribution < 1.29 is 14.3 Å². The summed E-state index contributed by atoms with van der Waals surface area (Å²) in [5.41, 5.74) is 3.65. The maximum absolute atomic E-state index is 13.4. The summed E-state index contributed by atoms with van der Waals surface area (Å²) >= 11 is 0. The van der Waals surface area contributed by atoms with Crippen molar-refractivity contribution in [2.24, 2.45) is 7.05 Å². The first-order valence-electron chi connectivity index (χ1n) is 9.61. The molecule has 4 rings (SSSR count). The predicted molar refractivity (Wildman–Crippen MR) is 104 cm³/mol. The molecule has 2 aliphatic heterocycles. The molecule has 1 aromatic heterocycles. The first kappa shape index (κ1) is 17.9. The number of benzene rings is 1. The molecule has 6 heteroatoms. The Hall–Kier alpha value is -2.50. The van der Waals surface area contributed by atoms with E-state index in [1.807, 2.05) is 29.5 Å². The number of hydrogen-bond acceptors (Lipinski definition) is 3. The highest BCUT2D eigenvalue weighted by atomic mass is 16.6. The molecule has 1 spiro atoms. The highest BCUT2D eigenvalue weighted by Crippen LogP contribution is 2.34. The molecule has 1 aromatic carbocycles. The van der Waals surface area contributed by atoms with Gasteiger partial charge in [0.15, 0.2) is 0 Å². The van der Waals surface area contributed by atoms with E-state index in [2.05, 4.69) is 19.1 Å². The van der Waals surface area contributed by atoms with Crippen LogP contribution in [0.3, 0.4) is 0 Å². The summed E-state index contributed by atoms with van der Waals surface area (Å²) in [7, 11) is 3.74. The number of nitrogens with zero attached hydrogens (tertiary/aromatic N) is 3. The van der Waals surface area contributed by atoms with Crippen LogP contribution >= 0.6 is 0 Å². The minimum absolute atomic E-state index is 0.0697. The van der Waals surface area contributed by atoms with Crippen LogP contribution in [0.25, 0.3) is 10.9 Å². The van der Waals surface area contributed by atoms with E-state index in [1.54, 1.807) is 11.9 Å². The van der Waals surface area contributed by atoms with E-state index in [4.69, 9.17) is 4.74 Å². The number of carbonyl (C=O) groups is 2. The van der Waals surface area contributed by atoms with E-state index in [-0.39, 0.29) is 12.0 Å². The molecule has 0 N–H and O–H groups in total. The van der Waals surface area contributed by atoms with Crippen LogP contribution in [0.4, 0.5) is 4.79 Å². The third-order valence-electron chi connectivity index (χ3n) is 6.20. The minimum atomic E-state index is -0.439. The number of fused-ring (bicyclic) bond motifs is 1. The second-order valence-corrected chi connectivity index (χ2v) is 8.06. The molecule has 0 bridgehead atoms. The van der Waals surface area contributed by atoms with Crippen molar-refractivity contribution in [3.8, 4) is 0 Å². The molecule has 0 saturated carbocycles. The largest absolute Gasteiger partial charge is 0.441 e. The highest BCUT2D eigenvalue weighted by Gasteiger charge is 2.45. The molecule has 144 valence electrons. The summed E-state index contributed by atoms with van der Waals surface area (Å²) < 4.78 is 7.70. The summed E-state index contributed by atoms with van der Waals surface area (Å²) in [6, 6.07) is 6.20. The van der Waals surface area contributed by atoms with Gasteiger partial charge in [-0.25, -0.2) is 4.79 Å². The normalized spacial score (nSPS) is 23.2. The van der Waals surface area contributed by atoms with Gasteiger partial charge in [0, 0.05) is 39.0 Å². The summed E-state index contributed by atoms with van der Waals surface area (Å²) in [6.07, 6.45) is 2.08. The Balaban J connectivity index is 1.62. The van der Waals surface area contributed by atoms with Gasteiger partial charge < -0.3 is 19.1 Å². The first-order chi connectivity index (χ1) is 12.8. The van der Waals surface area contributed by atoms with Crippen molar-refractivity contribution in [3.05, 3.63) is 35.0 Å². The zero-order chi connectivity index (χ0) is 19.3. The molecule has 2 fully saturated rings. The lowest BCUT2D eigenvalue weighted by molar-refractivity contribution is 0.0438. The molecule has 3 heterocycles. The number of carbonyl (C=O) groups excluding carboxylic acids is 2. The molecular weight excluding hydrogens is 342 g/mol. The molecular formula is C21H27N3O3. The van der Waals surface area contributed by atoms with Gasteiger partial charge in [0.2, 0.25) is 0 Å². The van der Waals surface area contributed by atoms with Crippen molar-refractivity contribution in [1.82, 2.24) is 14.4 Å². The number of likely N-dealkylation sites (tertiary alicyclic amines) is 1. The third kappa shape index (κ3) is 2.78. The predicted octanol–water partition coefficient (Wildman–Crippen LogP) is 3.24. The minimum Gasteiger partial charge on any atom is -0.441 e. The van der Waals surface area contributed by atoms with Crippen LogP contribution in [0.5, 0.6) is 0 Å². The highest BCUT2D eigenvalue weighted by molar-refractivity contribution is 6.02. The SMILES string of the molecule is Cc1c(C(=O)N2CCC[C@]3(CC2)CN(C)C(=O)O3)n(C)c2c(C)cccc12. The average molecular weight is 369 g/mol. The number of rotatable bonds is 1. The second kappa shape index (κ2) is 6.29. The topological polar surface area (TPSA) is 54.8 Å². The Labute approximate surface area is 159 Å². The van der Waals surface area contributed by atoms with Crippen LogP contribution in [0.15, 0.2) is 18.2 Å². The number of hydrogen-bond donors (Lipinski definition) is 0. The Kier molecular flexibility index (Phi) is 4.17. The Morgan fingerprint density at radius 1 is 1.15 bits per heavy atom. The molecule has 0 aliphatic carbocycles. The molecule has 2 aromatic rings. The number of aryl methyl sites for hydroxylation is 3. The second-order valence-electron chi connectivity index (χ2n) is 8.06. The van der Waals surface area contributed by atoms with Gasteiger partial charge in [0.05, 0.1) is 12.1 Å². The van der Waals surface area contributed by atoms with Crippen molar-refractivity contribution in [3.63, 3.8) is 0 Å². The molecule has 0 radical (unpaired) electrons. The van der Waals surface area contributed by atoms with Crippen LogP contribution < -0.4 is 0 Å². The van der Waals surface area contributed by atoms with Crippen LogP contribution in [0.2, 0.25) is 0 Å². The Morgan fingerprint density at radius 2 is 1.93 bits per heavy atom. The fourth-order valence-electron chi connectivity index (χ4n) is 4.77. The van der Waals surface area contributed by atoms with Gasteiger partial charge in [-0.3, -0.25) is 4.79 Å². The average Bonchev–Trinajstić information content (AvgIpc) is 2.94. The van der Waals surface area contributed by atoms with E-state index in [0.29, 0.717) is 26.1 Å². The molecule has 2 saturated heterocycles. The van der Waals surface area contributed by atoms with Gasteiger partial charge in [0.1, 0.15) is 11.3 Å². The van der Waals surface area contributed by atoms with E-state index in [0.717, 1.165) is 35.0 Å². The Bertz CT molecular complexity index is 932. The van der Waals surface area contributed by atoms with Gasteiger partial charge in [-0.15, -0.1) is 0 Å². The van der Waals surface area contributed by atoms with Gasteiger partial charge in [-0.1, -0.05) is 18.2 Å². The number of para-hydroxylation sites is 1. The summed E-state index contributed by atoms with van der Waals surface area (Å²) in [5, 5.41) is 1.14. The lowest BCUT2D eigenvalue weighted by atomic mass is 9.95. The van der Waals surface area contributed by atoms with Crippen LogP contribution in [0, 0.1) is 13.8 Å². The van der Waals surface area contributed by atoms with Gasteiger partial charge in [0.25, 0.3) is 5.91 Å². The summed E-state index contributed by atoms with van der Waals surface area (Å²) in [4.78, 5) is 28.8. The third-order valence-corrected chi connectivity index (χ3v) is 6.20. The van der Waals surface area contributed by atoms with Crippen molar-refractivity contribution in [2.45, 2.75) is 38.7 Å². The summed E-state index contributed by atoms with van der Waals surface area (Å²) in [5.74, 6) is 0.0697. The van der Waals surface area contributed by atoms with Crippen LogP contribution in [0.1, 0.15) is 40.9 Å². The van der Waals surface area contributed by atoms with E-state index >= 15 is 0 Å². The van der Waals surface area contributed by atoms with Crippen molar-refractivity contribution in [2.75, 3.05) is 26.7 Å². The van der Waals surface area contributed by atoms with Crippen LogP contribution in [-0.2, 0) is 11.8 Å². The lowest BCUT2D eigenvalue weighted by Gasteiger charge is -2.25. The van der Waals surface area contributed by atoms with Crippen LogP contribution in [-0.4, -0.2) is 58.7 Å². The van der Waals surface area contributed by atoms with Gasteiger partial charge >= 0.3 is 6.09 Å². The molecule has 2 amide bonds. The smallest absolute Gasteiger partial charge is 0.410 e. The van der Waals surface area contributed by atoms with Crippen molar-refractivity contribution >= 4 is 22.9 Å². The molecule has 0 unspecified atom stereocenters. The quantitative estimate of drug-likeness (QED) is 0.775. The molecule has 6 nitrogen and oxygen atoms in total. The number of ether oxygens (including phenoxy) is 1. The Morgan fingerprint density at radius 3 is 2.59 bits per heavy atom. The maximum Gasteiger partial charge on any atom is 0.410 e. The van der Waals surface area contributed by atoms with Gasteiger partial charge in [-0.2, -0.15) is 0 Å².